The molecule has 3 aromatic rings. The number of benzene rings is 3. The molecule has 0 aliphatic carbocycles. The number of carbonyl (C=O) groups excluding carboxylic acids is 1. The lowest BCUT2D eigenvalue weighted by molar-refractivity contribution is -0.137. The fraction of sp³-hybridized carbons (Fsp3) is 0.160. The van der Waals surface area contributed by atoms with Gasteiger partial charge in [-0.1, -0.05) is 37.3 Å². The third kappa shape index (κ3) is 5.69. The molecular formula is C25H19F3N4O. The smallest absolute Gasteiger partial charge is 0.384 e. The Bertz CT molecular complexity index is 1240. The van der Waals surface area contributed by atoms with Crippen LogP contribution in [0, 0.1) is 28.6 Å². The minimum atomic E-state index is -4.70. The van der Waals surface area contributed by atoms with Crippen molar-refractivity contribution in [3.05, 3.63) is 83.4 Å². The minimum Gasteiger partial charge on any atom is -0.384 e. The van der Waals surface area contributed by atoms with E-state index in [2.05, 4.69) is 16.7 Å². The van der Waals surface area contributed by atoms with Gasteiger partial charge in [0.2, 0.25) is 5.91 Å². The number of nitrogens with one attached hydrogen (secondary N) is 2. The van der Waals surface area contributed by atoms with E-state index in [0.29, 0.717) is 11.3 Å². The first kappa shape index (κ1) is 23.4. The molecule has 166 valence electrons. The number of alkyl halides is 3. The molecule has 8 heteroatoms. The highest BCUT2D eigenvalue weighted by Crippen LogP contribution is 2.33. The second-order valence-corrected chi connectivity index (χ2v) is 7.38. The summed E-state index contributed by atoms with van der Waals surface area (Å²) in [5, 5.41) is 23.9. The van der Waals surface area contributed by atoms with E-state index in [9.17, 15) is 23.2 Å². The van der Waals surface area contributed by atoms with Gasteiger partial charge in [0.25, 0.3) is 0 Å². The SMILES string of the molecule is CC(CNc1ccc(C#N)c(-c2ccccc2)c1)C(=O)Nc1ccc(C#N)c(C(F)(F)F)c1. The van der Waals surface area contributed by atoms with Crippen molar-refractivity contribution in [1.82, 2.24) is 0 Å². The van der Waals surface area contributed by atoms with E-state index in [4.69, 9.17) is 5.26 Å². The summed E-state index contributed by atoms with van der Waals surface area (Å²) in [5.74, 6) is -1.05. The van der Waals surface area contributed by atoms with Crippen LogP contribution < -0.4 is 10.6 Å². The van der Waals surface area contributed by atoms with Crippen molar-refractivity contribution in [2.24, 2.45) is 5.92 Å². The van der Waals surface area contributed by atoms with Gasteiger partial charge >= 0.3 is 6.18 Å². The zero-order valence-electron chi connectivity index (χ0n) is 17.6. The van der Waals surface area contributed by atoms with Crippen LogP contribution in [0.25, 0.3) is 11.1 Å². The average Bonchev–Trinajstić information content (AvgIpc) is 2.82. The van der Waals surface area contributed by atoms with Gasteiger partial charge < -0.3 is 10.6 Å². The maximum atomic E-state index is 13.1. The number of rotatable bonds is 6. The quantitative estimate of drug-likeness (QED) is 0.499. The van der Waals surface area contributed by atoms with Crippen LogP contribution in [0.3, 0.4) is 0 Å². The summed E-state index contributed by atoms with van der Waals surface area (Å²) in [6.07, 6.45) is -4.70. The molecule has 0 radical (unpaired) electrons. The second-order valence-electron chi connectivity index (χ2n) is 7.38. The second kappa shape index (κ2) is 9.88. The van der Waals surface area contributed by atoms with Gasteiger partial charge in [-0.25, -0.2) is 0 Å². The van der Waals surface area contributed by atoms with Gasteiger partial charge in [-0.05, 0) is 42.0 Å². The lowest BCUT2D eigenvalue weighted by Gasteiger charge is -2.16. The van der Waals surface area contributed by atoms with Gasteiger partial charge in [-0.3, -0.25) is 4.79 Å². The average molecular weight is 448 g/mol. The van der Waals surface area contributed by atoms with Gasteiger partial charge in [0.05, 0.1) is 34.7 Å². The summed E-state index contributed by atoms with van der Waals surface area (Å²) < 4.78 is 39.4. The maximum absolute atomic E-state index is 13.1. The number of carbonyl (C=O) groups is 1. The first-order valence-electron chi connectivity index (χ1n) is 9.98. The molecule has 0 fully saturated rings. The molecule has 0 saturated carbocycles. The van der Waals surface area contributed by atoms with Crippen LogP contribution in [-0.2, 0) is 11.0 Å². The Balaban J connectivity index is 1.69. The van der Waals surface area contributed by atoms with Crippen LogP contribution in [0.4, 0.5) is 24.5 Å². The summed E-state index contributed by atoms with van der Waals surface area (Å²) in [7, 11) is 0. The maximum Gasteiger partial charge on any atom is 0.417 e. The van der Waals surface area contributed by atoms with Crippen molar-refractivity contribution in [2.75, 3.05) is 17.2 Å². The molecule has 0 bridgehead atoms. The number of hydrogen-bond donors (Lipinski definition) is 2. The Morgan fingerprint density at radius 1 is 0.939 bits per heavy atom. The van der Waals surface area contributed by atoms with Crippen LogP contribution in [-0.4, -0.2) is 12.5 Å². The summed E-state index contributed by atoms with van der Waals surface area (Å²) in [6, 6.07) is 21.3. The van der Waals surface area contributed by atoms with E-state index in [1.54, 1.807) is 19.1 Å². The predicted octanol–water partition coefficient (Wildman–Crippen LogP) is 5.80. The van der Waals surface area contributed by atoms with Crippen molar-refractivity contribution in [3.8, 4) is 23.3 Å². The van der Waals surface area contributed by atoms with Crippen LogP contribution in [0.15, 0.2) is 66.7 Å². The first-order chi connectivity index (χ1) is 15.7. The highest BCUT2D eigenvalue weighted by atomic mass is 19.4. The number of nitrogens with zero attached hydrogens (tertiary/aromatic N) is 2. The van der Waals surface area contributed by atoms with Crippen molar-refractivity contribution in [3.63, 3.8) is 0 Å². The van der Waals surface area contributed by atoms with Crippen LogP contribution >= 0.6 is 0 Å². The third-order valence-corrected chi connectivity index (χ3v) is 5.00. The Kier molecular flexibility index (Phi) is 7.00. The molecule has 1 atom stereocenters. The van der Waals surface area contributed by atoms with Gasteiger partial charge in [0.15, 0.2) is 0 Å². The number of hydrogen-bond acceptors (Lipinski definition) is 4. The van der Waals surface area contributed by atoms with Gasteiger partial charge in [-0.15, -0.1) is 0 Å². The molecule has 0 aliphatic heterocycles. The Morgan fingerprint density at radius 2 is 1.58 bits per heavy atom. The summed E-state index contributed by atoms with van der Waals surface area (Å²) >= 11 is 0. The first-order valence-corrected chi connectivity index (χ1v) is 9.98. The Hall–Kier alpha value is -4.30. The summed E-state index contributed by atoms with van der Waals surface area (Å²) in [5.41, 5.74) is 1.19. The molecule has 0 saturated heterocycles. The number of nitriles is 2. The van der Waals surface area contributed by atoms with Crippen LogP contribution in [0.1, 0.15) is 23.6 Å². The fourth-order valence-corrected chi connectivity index (χ4v) is 3.19. The Labute approximate surface area is 189 Å². The fourth-order valence-electron chi connectivity index (χ4n) is 3.19. The predicted molar refractivity (Wildman–Crippen MR) is 119 cm³/mol. The van der Waals surface area contributed by atoms with Crippen molar-refractivity contribution < 1.29 is 18.0 Å². The highest BCUT2D eigenvalue weighted by molar-refractivity contribution is 5.93. The largest absolute Gasteiger partial charge is 0.417 e. The number of anilines is 2. The van der Waals surface area contributed by atoms with Gasteiger partial charge in [0, 0.05) is 23.5 Å². The monoisotopic (exact) mass is 448 g/mol. The number of amides is 1. The minimum absolute atomic E-state index is 0.0390. The molecule has 5 nitrogen and oxygen atoms in total. The highest BCUT2D eigenvalue weighted by Gasteiger charge is 2.34. The Morgan fingerprint density at radius 3 is 2.21 bits per heavy atom. The molecule has 33 heavy (non-hydrogen) atoms. The van der Waals surface area contributed by atoms with E-state index < -0.39 is 29.1 Å². The van der Waals surface area contributed by atoms with E-state index in [0.717, 1.165) is 23.3 Å². The molecule has 0 heterocycles. The number of halogens is 3. The molecule has 2 N–H and O–H groups in total. The van der Waals surface area contributed by atoms with Crippen molar-refractivity contribution in [2.45, 2.75) is 13.1 Å². The van der Waals surface area contributed by atoms with E-state index >= 15 is 0 Å². The van der Waals surface area contributed by atoms with E-state index in [1.807, 2.05) is 36.4 Å². The molecule has 1 amide bonds. The summed E-state index contributed by atoms with van der Waals surface area (Å²) in [6.45, 7) is 1.85. The van der Waals surface area contributed by atoms with Crippen LogP contribution in [0.5, 0.6) is 0 Å². The van der Waals surface area contributed by atoms with E-state index in [1.165, 1.54) is 12.1 Å². The standard InChI is InChI=1S/C25H19F3N4O/c1-16(24(33)32-21-10-8-19(14-30)23(12-21)25(26,27)28)15-31-20-9-7-18(13-29)22(11-20)17-5-3-2-4-6-17/h2-12,16,31H,15H2,1H3,(H,32,33). The zero-order chi connectivity index (χ0) is 24.0. The third-order valence-electron chi connectivity index (χ3n) is 5.00. The molecule has 3 rings (SSSR count). The lowest BCUT2D eigenvalue weighted by atomic mass is 9.99. The molecular weight excluding hydrogens is 429 g/mol. The van der Waals surface area contributed by atoms with Gasteiger partial charge in [0.1, 0.15) is 0 Å². The van der Waals surface area contributed by atoms with Crippen LogP contribution in [0.2, 0.25) is 0 Å². The lowest BCUT2D eigenvalue weighted by Crippen LogP contribution is -2.26. The molecule has 0 spiro atoms. The van der Waals surface area contributed by atoms with Crippen molar-refractivity contribution >= 4 is 17.3 Å². The van der Waals surface area contributed by atoms with Crippen molar-refractivity contribution in [1.29, 1.82) is 10.5 Å². The van der Waals surface area contributed by atoms with Gasteiger partial charge in [-0.2, -0.15) is 23.7 Å². The molecule has 0 aliphatic rings. The van der Waals surface area contributed by atoms with E-state index in [-0.39, 0.29) is 12.2 Å². The molecule has 0 aromatic heterocycles. The zero-order valence-corrected chi connectivity index (χ0v) is 17.6. The molecule has 3 aromatic carbocycles. The topological polar surface area (TPSA) is 88.7 Å². The molecule has 1 unspecified atom stereocenters. The normalized spacial score (nSPS) is 11.7. The summed E-state index contributed by atoms with van der Waals surface area (Å²) in [4.78, 5) is 12.5.